The van der Waals surface area contributed by atoms with Crippen molar-refractivity contribution in [2.24, 2.45) is 0 Å². The molecule has 36 heavy (non-hydrogen) atoms. The van der Waals surface area contributed by atoms with Crippen molar-refractivity contribution in [1.29, 1.82) is 0 Å². The summed E-state index contributed by atoms with van der Waals surface area (Å²) in [6.45, 7) is 3.49. The fourth-order valence-electron chi connectivity index (χ4n) is 3.97. The first-order valence-corrected chi connectivity index (χ1v) is 12.3. The summed E-state index contributed by atoms with van der Waals surface area (Å²) in [5.74, 6) is -1.45. The summed E-state index contributed by atoms with van der Waals surface area (Å²) in [6, 6.07) is 20.3. The van der Waals surface area contributed by atoms with Gasteiger partial charge in [0.15, 0.2) is 5.78 Å². The first-order valence-electron chi connectivity index (χ1n) is 11.5. The standard InChI is InChI=1S/C28H25BrFN3O3/c1-19(34)20-7-10-24(11-8-20)32-13-15-33(16-14-32)28(36)25(18-21-17-22(30)9-12-26(21)29)27(35)31-23-5-3-2-4-6-23/h2-12,17-18H,13-16H2,1H3,(H,31,35). The van der Waals surface area contributed by atoms with Gasteiger partial charge >= 0.3 is 0 Å². The van der Waals surface area contributed by atoms with Gasteiger partial charge in [0, 0.05) is 47.6 Å². The van der Waals surface area contributed by atoms with E-state index in [2.05, 4.69) is 26.1 Å². The van der Waals surface area contributed by atoms with Crippen LogP contribution in [-0.4, -0.2) is 48.7 Å². The van der Waals surface area contributed by atoms with Crippen molar-refractivity contribution < 1.29 is 18.8 Å². The first-order chi connectivity index (χ1) is 17.3. The van der Waals surface area contributed by atoms with Crippen LogP contribution in [0.5, 0.6) is 0 Å². The van der Waals surface area contributed by atoms with Gasteiger partial charge in [-0.3, -0.25) is 14.4 Å². The van der Waals surface area contributed by atoms with Crippen molar-refractivity contribution in [1.82, 2.24) is 4.90 Å². The molecule has 8 heteroatoms. The molecule has 1 saturated heterocycles. The summed E-state index contributed by atoms with van der Waals surface area (Å²) in [6.07, 6.45) is 1.42. The van der Waals surface area contributed by atoms with E-state index in [0.717, 1.165) is 5.69 Å². The third-order valence-corrected chi connectivity index (χ3v) is 6.69. The number of nitrogens with one attached hydrogen (secondary N) is 1. The van der Waals surface area contributed by atoms with Gasteiger partial charge in [-0.05, 0) is 73.2 Å². The highest BCUT2D eigenvalue weighted by molar-refractivity contribution is 9.10. The summed E-state index contributed by atoms with van der Waals surface area (Å²) in [4.78, 5) is 42.0. The van der Waals surface area contributed by atoms with Crippen LogP contribution in [0.3, 0.4) is 0 Å². The molecular weight excluding hydrogens is 525 g/mol. The normalized spacial score (nSPS) is 13.9. The number of halogens is 2. The van der Waals surface area contributed by atoms with Crippen LogP contribution in [0.4, 0.5) is 15.8 Å². The van der Waals surface area contributed by atoms with Crippen LogP contribution in [0.15, 0.2) is 82.8 Å². The summed E-state index contributed by atoms with van der Waals surface area (Å²) < 4.78 is 14.5. The summed E-state index contributed by atoms with van der Waals surface area (Å²) in [7, 11) is 0. The molecule has 0 saturated carbocycles. The number of carbonyl (C=O) groups excluding carboxylic acids is 3. The molecule has 0 unspecified atom stereocenters. The van der Waals surface area contributed by atoms with Crippen LogP contribution in [0.1, 0.15) is 22.8 Å². The van der Waals surface area contributed by atoms with Crippen LogP contribution in [0, 0.1) is 5.82 Å². The van der Waals surface area contributed by atoms with Gasteiger partial charge in [0.25, 0.3) is 11.8 Å². The van der Waals surface area contributed by atoms with Gasteiger partial charge in [-0.25, -0.2) is 4.39 Å². The summed E-state index contributed by atoms with van der Waals surface area (Å²) >= 11 is 3.37. The lowest BCUT2D eigenvalue weighted by Gasteiger charge is -2.36. The van der Waals surface area contributed by atoms with E-state index in [-0.39, 0.29) is 11.4 Å². The Hall–Kier alpha value is -3.78. The van der Waals surface area contributed by atoms with Gasteiger partial charge in [0.1, 0.15) is 11.4 Å². The molecule has 1 N–H and O–H groups in total. The maximum Gasteiger partial charge on any atom is 0.261 e. The maximum absolute atomic E-state index is 13.9. The van der Waals surface area contributed by atoms with Crippen molar-refractivity contribution >= 4 is 51.0 Å². The summed E-state index contributed by atoms with van der Waals surface area (Å²) in [5, 5.41) is 2.76. The number of rotatable bonds is 6. The molecular formula is C28H25BrFN3O3. The zero-order valence-corrected chi connectivity index (χ0v) is 21.3. The Morgan fingerprint density at radius 1 is 0.917 bits per heavy atom. The highest BCUT2D eigenvalue weighted by Crippen LogP contribution is 2.23. The average Bonchev–Trinajstić information content (AvgIpc) is 2.89. The zero-order chi connectivity index (χ0) is 25.7. The second-order valence-corrected chi connectivity index (χ2v) is 9.28. The lowest BCUT2D eigenvalue weighted by Crippen LogP contribution is -2.50. The molecule has 0 radical (unpaired) electrons. The molecule has 6 nitrogen and oxygen atoms in total. The third-order valence-electron chi connectivity index (χ3n) is 5.97. The number of benzene rings is 3. The molecule has 1 fully saturated rings. The van der Waals surface area contributed by atoms with Crippen LogP contribution in [0.2, 0.25) is 0 Å². The van der Waals surface area contributed by atoms with Gasteiger partial charge < -0.3 is 15.1 Å². The second kappa shape index (κ2) is 11.3. The number of ketones is 1. The fraction of sp³-hybridized carbons (Fsp3) is 0.179. The van der Waals surface area contributed by atoms with Gasteiger partial charge in [-0.2, -0.15) is 0 Å². The Morgan fingerprint density at radius 3 is 2.22 bits per heavy atom. The molecule has 3 aromatic rings. The first kappa shape index (κ1) is 25.3. The zero-order valence-electron chi connectivity index (χ0n) is 19.7. The Bertz CT molecular complexity index is 1300. The van der Waals surface area contributed by atoms with E-state index in [1.165, 1.54) is 31.2 Å². The van der Waals surface area contributed by atoms with Crippen molar-refractivity contribution in [2.75, 3.05) is 36.4 Å². The Labute approximate surface area is 217 Å². The number of Topliss-reactive ketones (excluding diaryl/α,β-unsaturated/α-hetero) is 1. The van der Waals surface area contributed by atoms with Crippen LogP contribution >= 0.6 is 15.9 Å². The molecule has 0 spiro atoms. The van der Waals surface area contributed by atoms with Crippen LogP contribution < -0.4 is 10.2 Å². The number of amides is 2. The molecule has 1 aliphatic rings. The van der Waals surface area contributed by atoms with Crippen LogP contribution in [-0.2, 0) is 9.59 Å². The number of hydrogen-bond donors (Lipinski definition) is 1. The van der Waals surface area contributed by atoms with Gasteiger partial charge in [-0.1, -0.05) is 34.1 Å². The predicted molar refractivity (Wildman–Crippen MR) is 142 cm³/mol. The predicted octanol–water partition coefficient (Wildman–Crippen LogP) is 5.16. The molecule has 0 atom stereocenters. The number of para-hydroxylation sites is 1. The molecule has 3 aromatic carbocycles. The van der Waals surface area contributed by atoms with Gasteiger partial charge in [0.05, 0.1) is 0 Å². The van der Waals surface area contributed by atoms with Gasteiger partial charge in [0.2, 0.25) is 0 Å². The Kier molecular flexibility index (Phi) is 7.95. The molecule has 184 valence electrons. The van der Waals surface area contributed by atoms with Gasteiger partial charge in [-0.15, -0.1) is 0 Å². The molecule has 1 aliphatic heterocycles. The number of piperazine rings is 1. The number of nitrogens with zero attached hydrogens (tertiary/aromatic N) is 2. The Balaban J connectivity index is 1.54. The largest absolute Gasteiger partial charge is 0.368 e. The van der Waals surface area contributed by atoms with Crippen molar-refractivity contribution in [3.05, 3.63) is 99.8 Å². The van der Waals surface area contributed by atoms with E-state index >= 15 is 0 Å². The van der Waals surface area contributed by atoms with E-state index in [1.807, 2.05) is 18.2 Å². The van der Waals surface area contributed by atoms with E-state index in [0.29, 0.717) is 47.5 Å². The maximum atomic E-state index is 13.9. The lowest BCUT2D eigenvalue weighted by molar-refractivity contribution is -0.129. The quantitative estimate of drug-likeness (QED) is 0.199. The van der Waals surface area contributed by atoms with Crippen LogP contribution in [0.25, 0.3) is 6.08 Å². The summed E-state index contributed by atoms with van der Waals surface area (Å²) in [5.41, 5.74) is 2.48. The second-order valence-electron chi connectivity index (χ2n) is 8.43. The molecule has 1 heterocycles. The van der Waals surface area contributed by atoms with E-state index in [4.69, 9.17) is 0 Å². The minimum absolute atomic E-state index is 0.00926. The van der Waals surface area contributed by atoms with E-state index in [9.17, 15) is 18.8 Å². The number of carbonyl (C=O) groups is 3. The highest BCUT2D eigenvalue weighted by Gasteiger charge is 2.28. The van der Waals surface area contributed by atoms with Crippen molar-refractivity contribution in [3.8, 4) is 0 Å². The van der Waals surface area contributed by atoms with E-state index in [1.54, 1.807) is 41.3 Å². The molecule has 0 aromatic heterocycles. The minimum Gasteiger partial charge on any atom is -0.368 e. The molecule has 0 bridgehead atoms. The number of anilines is 2. The average molecular weight is 550 g/mol. The Morgan fingerprint density at radius 2 is 1.58 bits per heavy atom. The lowest BCUT2D eigenvalue weighted by atomic mass is 10.1. The SMILES string of the molecule is CC(=O)c1ccc(N2CCN(C(=O)C(=Cc3cc(F)ccc3Br)C(=O)Nc3ccccc3)CC2)cc1. The smallest absolute Gasteiger partial charge is 0.261 e. The highest BCUT2D eigenvalue weighted by atomic mass is 79.9. The van der Waals surface area contributed by atoms with Crippen molar-refractivity contribution in [2.45, 2.75) is 6.92 Å². The van der Waals surface area contributed by atoms with E-state index < -0.39 is 17.6 Å². The number of hydrogen-bond acceptors (Lipinski definition) is 4. The molecule has 0 aliphatic carbocycles. The topological polar surface area (TPSA) is 69.7 Å². The molecule has 4 rings (SSSR count). The monoisotopic (exact) mass is 549 g/mol. The third kappa shape index (κ3) is 6.07. The molecule has 2 amide bonds. The fourth-order valence-corrected chi connectivity index (χ4v) is 4.33. The minimum atomic E-state index is -0.565. The van der Waals surface area contributed by atoms with Crippen molar-refractivity contribution in [3.63, 3.8) is 0 Å².